The van der Waals surface area contributed by atoms with E-state index in [4.69, 9.17) is 11.1 Å². The largest absolute Gasteiger partial charge is 0.388 e. The van der Waals surface area contributed by atoms with Crippen molar-refractivity contribution in [3.8, 4) is 0 Å². The smallest absolute Gasteiger partial charge is 0.211 e. The summed E-state index contributed by atoms with van der Waals surface area (Å²) in [6.45, 7) is 2.32. The summed E-state index contributed by atoms with van der Waals surface area (Å²) >= 11 is 0. The fourth-order valence-electron chi connectivity index (χ4n) is 0.913. The average molecular weight is 221 g/mol. The van der Waals surface area contributed by atoms with Crippen LogP contribution in [0.25, 0.3) is 0 Å². The van der Waals surface area contributed by atoms with E-state index in [0.717, 1.165) is 6.42 Å². The minimum Gasteiger partial charge on any atom is -0.388 e. The molecule has 0 heterocycles. The van der Waals surface area contributed by atoms with Gasteiger partial charge in [-0.05, 0) is 12.8 Å². The molecule has 4 N–H and O–H groups in total. The second-order valence-electron chi connectivity index (χ2n) is 3.20. The maximum atomic E-state index is 11.2. The van der Waals surface area contributed by atoms with Crippen molar-refractivity contribution in [1.82, 2.24) is 4.72 Å². The number of amidine groups is 1. The van der Waals surface area contributed by atoms with Crippen molar-refractivity contribution in [2.45, 2.75) is 32.6 Å². The molecule has 0 rings (SSSR count). The Labute approximate surface area is 85.6 Å². The predicted molar refractivity (Wildman–Crippen MR) is 57.8 cm³/mol. The summed E-state index contributed by atoms with van der Waals surface area (Å²) in [6.07, 6.45) is 2.58. The number of hydrogen-bond donors (Lipinski definition) is 3. The van der Waals surface area contributed by atoms with Crippen LogP contribution in [0.2, 0.25) is 0 Å². The molecule has 84 valence electrons. The van der Waals surface area contributed by atoms with Crippen molar-refractivity contribution in [3.05, 3.63) is 0 Å². The van der Waals surface area contributed by atoms with Crippen molar-refractivity contribution >= 4 is 15.9 Å². The Balaban J connectivity index is 3.61. The molecule has 14 heavy (non-hydrogen) atoms. The van der Waals surface area contributed by atoms with Crippen LogP contribution in [-0.4, -0.2) is 26.6 Å². The van der Waals surface area contributed by atoms with E-state index in [0.29, 0.717) is 25.8 Å². The zero-order valence-electron chi connectivity index (χ0n) is 8.54. The summed E-state index contributed by atoms with van der Waals surface area (Å²) in [7, 11) is -3.10. The van der Waals surface area contributed by atoms with Gasteiger partial charge in [0.1, 0.15) is 0 Å². The molecule has 5 nitrogen and oxygen atoms in total. The third kappa shape index (κ3) is 8.00. The quantitative estimate of drug-likeness (QED) is 0.315. The number of nitrogens with one attached hydrogen (secondary N) is 2. The standard InChI is InChI=1S/C8H19N3O2S/c1-2-3-7-14(12,13)11-6-4-5-8(9)10/h11H,2-7H2,1H3,(H3,9,10). The third-order valence-corrected chi connectivity index (χ3v) is 3.18. The Kier molecular flexibility index (Phi) is 6.48. The van der Waals surface area contributed by atoms with Gasteiger partial charge >= 0.3 is 0 Å². The first-order valence-corrected chi connectivity index (χ1v) is 6.43. The lowest BCUT2D eigenvalue weighted by molar-refractivity contribution is 0.576. The lowest BCUT2D eigenvalue weighted by Gasteiger charge is -2.05. The molecule has 0 aliphatic carbocycles. The molecule has 0 fully saturated rings. The van der Waals surface area contributed by atoms with Gasteiger partial charge < -0.3 is 5.73 Å². The number of rotatable bonds is 8. The summed E-state index contributed by atoms with van der Waals surface area (Å²) < 4.78 is 24.9. The van der Waals surface area contributed by atoms with Gasteiger partial charge in [0.25, 0.3) is 0 Å². The van der Waals surface area contributed by atoms with Crippen LogP contribution in [0.1, 0.15) is 32.6 Å². The van der Waals surface area contributed by atoms with E-state index in [1.54, 1.807) is 0 Å². The monoisotopic (exact) mass is 221 g/mol. The highest BCUT2D eigenvalue weighted by molar-refractivity contribution is 7.89. The van der Waals surface area contributed by atoms with Crippen LogP contribution < -0.4 is 10.5 Å². The molecule has 0 aliphatic heterocycles. The van der Waals surface area contributed by atoms with Crippen molar-refractivity contribution in [1.29, 1.82) is 5.41 Å². The lowest BCUT2D eigenvalue weighted by Crippen LogP contribution is -2.28. The van der Waals surface area contributed by atoms with Gasteiger partial charge in [-0.15, -0.1) is 0 Å². The summed E-state index contributed by atoms with van der Waals surface area (Å²) in [4.78, 5) is 0. The Morgan fingerprint density at radius 1 is 1.43 bits per heavy atom. The van der Waals surface area contributed by atoms with Gasteiger partial charge in [-0.1, -0.05) is 13.3 Å². The van der Waals surface area contributed by atoms with Gasteiger partial charge in [-0.25, -0.2) is 13.1 Å². The fraction of sp³-hybridized carbons (Fsp3) is 0.875. The Bertz CT molecular complexity index is 262. The van der Waals surface area contributed by atoms with Crippen molar-refractivity contribution in [2.75, 3.05) is 12.3 Å². The molecule has 0 aliphatic rings. The van der Waals surface area contributed by atoms with Crippen LogP contribution in [0.15, 0.2) is 0 Å². The number of hydrogen-bond acceptors (Lipinski definition) is 3. The fourth-order valence-corrected chi connectivity index (χ4v) is 2.18. The topological polar surface area (TPSA) is 96.0 Å². The Morgan fingerprint density at radius 2 is 2.07 bits per heavy atom. The van der Waals surface area contributed by atoms with E-state index in [-0.39, 0.29) is 11.6 Å². The van der Waals surface area contributed by atoms with E-state index in [9.17, 15) is 8.42 Å². The second kappa shape index (κ2) is 6.78. The summed E-state index contributed by atoms with van der Waals surface area (Å²) in [6, 6.07) is 0. The van der Waals surface area contributed by atoms with Gasteiger partial charge in [-0.2, -0.15) is 0 Å². The first-order valence-electron chi connectivity index (χ1n) is 4.78. The van der Waals surface area contributed by atoms with Gasteiger partial charge in [0.2, 0.25) is 10.0 Å². The van der Waals surface area contributed by atoms with Gasteiger partial charge in [-0.3, -0.25) is 5.41 Å². The SMILES string of the molecule is CCCCS(=O)(=O)NCCCC(=N)N. The molecule has 0 unspecified atom stereocenters. The molecule has 0 aromatic heterocycles. The molecule has 0 aromatic carbocycles. The van der Waals surface area contributed by atoms with E-state index in [1.165, 1.54) is 0 Å². The van der Waals surface area contributed by atoms with Crippen molar-refractivity contribution < 1.29 is 8.42 Å². The normalized spacial score (nSPS) is 11.5. The average Bonchev–Trinajstić information content (AvgIpc) is 2.09. The minimum absolute atomic E-state index is 0.0951. The molecule has 0 bridgehead atoms. The molecule has 0 radical (unpaired) electrons. The van der Waals surface area contributed by atoms with Crippen LogP contribution in [0.5, 0.6) is 0 Å². The van der Waals surface area contributed by atoms with E-state index in [2.05, 4.69) is 4.72 Å². The summed E-state index contributed by atoms with van der Waals surface area (Å²) in [5, 5.41) is 6.94. The highest BCUT2D eigenvalue weighted by atomic mass is 32.2. The van der Waals surface area contributed by atoms with Gasteiger partial charge in [0.05, 0.1) is 11.6 Å². The molecule has 6 heteroatoms. The van der Waals surface area contributed by atoms with Crippen molar-refractivity contribution in [2.24, 2.45) is 5.73 Å². The molecule has 0 aromatic rings. The molecule has 0 amide bonds. The highest BCUT2D eigenvalue weighted by Crippen LogP contribution is 1.94. The minimum atomic E-state index is -3.10. The number of sulfonamides is 1. The Morgan fingerprint density at radius 3 is 2.57 bits per heavy atom. The van der Waals surface area contributed by atoms with E-state index < -0.39 is 10.0 Å². The van der Waals surface area contributed by atoms with Gasteiger partial charge in [0.15, 0.2) is 0 Å². The highest BCUT2D eigenvalue weighted by Gasteiger charge is 2.07. The number of nitrogens with two attached hydrogens (primary N) is 1. The van der Waals surface area contributed by atoms with Crippen LogP contribution >= 0.6 is 0 Å². The molecule has 0 saturated carbocycles. The molecule has 0 atom stereocenters. The van der Waals surface area contributed by atoms with Crippen LogP contribution in [0.4, 0.5) is 0 Å². The number of unbranched alkanes of at least 4 members (excludes halogenated alkanes) is 1. The predicted octanol–water partition coefficient (Wildman–Crippen LogP) is 0.422. The first kappa shape index (κ1) is 13.4. The molecule has 0 spiro atoms. The van der Waals surface area contributed by atoms with E-state index in [1.807, 2.05) is 6.92 Å². The van der Waals surface area contributed by atoms with Crippen LogP contribution in [-0.2, 0) is 10.0 Å². The van der Waals surface area contributed by atoms with Crippen LogP contribution in [0, 0.1) is 5.41 Å². The zero-order chi connectivity index (χ0) is 11.0. The summed E-state index contributed by atoms with van der Waals surface area (Å²) in [5.41, 5.74) is 5.13. The first-order chi connectivity index (χ1) is 6.48. The Hall–Kier alpha value is -0.620. The molecule has 0 saturated heterocycles. The van der Waals surface area contributed by atoms with E-state index >= 15 is 0 Å². The lowest BCUT2D eigenvalue weighted by atomic mass is 10.3. The van der Waals surface area contributed by atoms with Crippen LogP contribution in [0.3, 0.4) is 0 Å². The second-order valence-corrected chi connectivity index (χ2v) is 5.12. The molecular weight excluding hydrogens is 202 g/mol. The summed E-state index contributed by atoms with van der Waals surface area (Å²) in [5.74, 6) is 0.279. The third-order valence-electron chi connectivity index (χ3n) is 1.71. The zero-order valence-corrected chi connectivity index (χ0v) is 9.36. The maximum absolute atomic E-state index is 11.2. The molecular formula is C8H19N3O2S. The van der Waals surface area contributed by atoms with Crippen molar-refractivity contribution in [3.63, 3.8) is 0 Å². The maximum Gasteiger partial charge on any atom is 0.211 e. The van der Waals surface area contributed by atoms with Gasteiger partial charge in [0, 0.05) is 13.0 Å².